The second-order valence-electron chi connectivity index (χ2n) is 10.2. The van der Waals surface area contributed by atoms with Crippen LogP contribution in [0.15, 0.2) is 73.1 Å². The molecule has 0 saturated heterocycles. The number of hydrogen-bond donors (Lipinski definition) is 1. The Bertz CT molecular complexity index is 1330. The molecule has 1 fully saturated rings. The van der Waals surface area contributed by atoms with Gasteiger partial charge in [0.05, 0.1) is 24.0 Å². The fourth-order valence-electron chi connectivity index (χ4n) is 5.87. The van der Waals surface area contributed by atoms with Crippen LogP contribution in [0.1, 0.15) is 48.3 Å². The van der Waals surface area contributed by atoms with Gasteiger partial charge < -0.3 is 9.88 Å². The molecule has 0 atom stereocenters. The smallest absolute Gasteiger partial charge is 0.252 e. The van der Waals surface area contributed by atoms with E-state index in [1.807, 2.05) is 36.5 Å². The average molecular weight is 480 g/mol. The molecule has 6 nitrogen and oxygen atoms in total. The van der Waals surface area contributed by atoms with Crippen molar-refractivity contribution in [1.82, 2.24) is 24.8 Å². The lowest BCUT2D eigenvalue weighted by Crippen LogP contribution is -2.39. The van der Waals surface area contributed by atoms with Crippen molar-refractivity contribution in [2.24, 2.45) is 5.92 Å². The van der Waals surface area contributed by atoms with Crippen molar-refractivity contribution >= 4 is 16.8 Å². The van der Waals surface area contributed by atoms with Gasteiger partial charge in [-0.2, -0.15) is 0 Å². The Morgan fingerprint density at radius 1 is 0.917 bits per heavy atom. The van der Waals surface area contributed by atoms with Gasteiger partial charge in [0.25, 0.3) is 5.91 Å². The molecular weight excluding hydrogens is 446 g/mol. The number of nitrogens with zero attached hydrogens (tertiary/aromatic N) is 4. The zero-order valence-electron chi connectivity index (χ0n) is 20.6. The number of carbonyl (C=O) groups is 1. The van der Waals surface area contributed by atoms with Crippen LogP contribution in [0, 0.1) is 5.92 Å². The van der Waals surface area contributed by atoms with Crippen molar-refractivity contribution < 1.29 is 4.79 Å². The number of aromatic nitrogens is 3. The summed E-state index contributed by atoms with van der Waals surface area (Å²) in [6.07, 6.45) is 9.51. The largest absolute Gasteiger partial charge is 0.349 e. The number of fused-ring (bicyclic) bond motifs is 2. The molecule has 0 bridgehead atoms. The maximum absolute atomic E-state index is 13.0. The molecule has 184 valence electrons. The van der Waals surface area contributed by atoms with Crippen molar-refractivity contribution in [3.8, 4) is 11.3 Å². The van der Waals surface area contributed by atoms with E-state index in [-0.39, 0.29) is 11.9 Å². The minimum Gasteiger partial charge on any atom is -0.349 e. The molecule has 4 aromatic rings. The first-order valence-electron chi connectivity index (χ1n) is 13.2. The van der Waals surface area contributed by atoms with E-state index >= 15 is 0 Å². The Balaban J connectivity index is 0.982. The van der Waals surface area contributed by atoms with Gasteiger partial charge in [-0.05, 0) is 68.3 Å². The molecule has 1 saturated carbocycles. The second-order valence-corrected chi connectivity index (χ2v) is 10.2. The van der Waals surface area contributed by atoms with Gasteiger partial charge >= 0.3 is 0 Å². The highest BCUT2D eigenvalue weighted by Crippen LogP contribution is 2.29. The third-order valence-corrected chi connectivity index (χ3v) is 7.94. The second kappa shape index (κ2) is 10.2. The van der Waals surface area contributed by atoms with Crippen molar-refractivity contribution in [2.75, 3.05) is 13.1 Å². The van der Waals surface area contributed by atoms with E-state index in [9.17, 15) is 4.79 Å². The van der Waals surface area contributed by atoms with Gasteiger partial charge in [-0.25, -0.2) is 4.98 Å². The van der Waals surface area contributed by atoms with E-state index in [1.165, 1.54) is 36.3 Å². The normalized spacial score (nSPS) is 20.2. The molecule has 0 spiro atoms. The summed E-state index contributed by atoms with van der Waals surface area (Å²) < 4.78 is 2.38. The van der Waals surface area contributed by atoms with E-state index in [0.717, 1.165) is 61.4 Å². The Morgan fingerprint density at radius 3 is 2.64 bits per heavy atom. The maximum Gasteiger partial charge on any atom is 0.252 e. The summed E-state index contributed by atoms with van der Waals surface area (Å²) in [4.78, 5) is 24.7. The first-order valence-corrected chi connectivity index (χ1v) is 13.2. The predicted octanol–water partition coefficient (Wildman–Crippen LogP) is 5.29. The molecule has 36 heavy (non-hydrogen) atoms. The van der Waals surface area contributed by atoms with E-state index in [0.29, 0.717) is 0 Å². The van der Waals surface area contributed by atoms with E-state index in [2.05, 4.69) is 50.1 Å². The third-order valence-electron chi connectivity index (χ3n) is 7.94. The number of rotatable bonds is 6. The van der Waals surface area contributed by atoms with Gasteiger partial charge in [-0.15, -0.1) is 0 Å². The molecule has 6 rings (SSSR count). The predicted molar refractivity (Wildman–Crippen MR) is 143 cm³/mol. The topological polar surface area (TPSA) is 63.1 Å². The summed E-state index contributed by atoms with van der Waals surface area (Å²) in [7, 11) is 0. The molecule has 0 radical (unpaired) electrons. The van der Waals surface area contributed by atoms with Gasteiger partial charge in [-0.1, -0.05) is 42.5 Å². The zero-order valence-corrected chi connectivity index (χ0v) is 20.6. The summed E-state index contributed by atoms with van der Waals surface area (Å²) in [6, 6.07) is 20.5. The standard InChI is InChI=1S/C30H33N5O/c36-30(26-8-4-10-27-25(26)9-5-16-31-27)33-24-13-11-22(12-14-24)15-17-34-18-19-35-28(20-32-29(35)21-34)23-6-2-1-3-7-23/h1-10,16,20,22,24H,11-15,17-19,21H2,(H,33,36). The molecule has 2 aromatic carbocycles. The molecule has 1 amide bonds. The minimum absolute atomic E-state index is 0.0238. The summed E-state index contributed by atoms with van der Waals surface area (Å²) in [5, 5.41) is 4.21. The lowest BCUT2D eigenvalue weighted by atomic mass is 9.84. The molecule has 0 unspecified atom stereocenters. The van der Waals surface area contributed by atoms with Crippen LogP contribution in [-0.2, 0) is 13.1 Å². The monoisotopic (exact) mass is 479 g/mol. The Labute approximate surface area is 212 Å². The SMILES string of the molecule is O=C(NC1CCC(CCN2CCn3c(-c4ccccc4)cnc3C2)CC1)c1cccc2ncccc12. The highest BCUT2D eigenvalue weighted by molar-refractivity contribution is 6.06. The minimum atomic E-state index is 0.0238. The van der Waals surface area contributed by atoms with Crippen molar-refractivity contribution in [3.63, 3.8) is 0 Å². The number of pyridine rings is 1. The van der Waals surface area contributed by atoms with E-state index < -0.39 is 0 Å². The number of carbonyl (C=O) groups excluding carboxylic acids is 1. The molecule has 1 aliphatic carbocycles. The van der Waals surface area contributed by atoms with Crippen molar-refractivity contribution in [2.45, 2.75) is 51.2 Å². The van der Waals surface area contributed by atoms with Crippen LogP contribution in [0.3, 0.4) is 0 Å². The summed E-state index contributed by atoms with van der Waals surface area (Å²) in [5.41, 5.74) is 4.06. The van der Waals surface area contributed by atoms with E-state index in [1.54, 1.807) is 6.20 Å². The molecule has 3 heterocycles. The highest BCUT2D eigenvalue weighted by Gasteiger charge is 2.25. The number of hydrogen-bond acceptors (Lipinski definition) is 4. The first-order chi connectivity index (χ1) is 17.7. The van der Waals surface area contributed by atoms with Crippen LogP contribution >= 0.6 is 0 Å². The summed E-state index contributed by atoms with van der Waals surface area (Å²) in [6.45, 7) is 4.13. The maximum atomic E-state index is 13.0. The molecule has 2 aliphatic rings. The van der Waals surface area contributed by atoms with Crippen LogP contribution in [-0.4, -0.2) is 44.5 Å². The quantitative estimate of drug-likeness (QED) is 0.408. The van der Waals surface area contributed by atoms with Gasteiger partial charge in [0.1, 0.15) is 5.82 Å². The first kappa shape index (κ1) is 22.9. The van der Waals surface area contributed by atoms with Crippen LogP contribution in [0.4, 0.5) is 0 Å². The molecule has 6 heteroatoms. The number of imidazole rings is 1. The Hall–Kier alpha value is -3.51. The average Bonchev–Trinajstić information content (AvgIpc) is 3.36. The lowest BCUT2D eigenvalue weighted by Gasteiger charge is -2.32. The van der Waals surface area contributed by atoms with Crippen LogP contribution in [0.2, 0.25) is 0 Å². The Morgan fingerprint density at radius 2 is 1.78 bits per heavy atom. The van der Waals surface area contributed by atoms with Gasteiger partial charge in [-0.3, -0.25) is 14.7 Å². The van der Waals surface area contributed by atoms with Gasteiger partial charge in [0.2, 0.25) is 0 Å². The number of benzene rings is 2. The summed E-state index contributed by atoms with van der Waals surface area (Å²) in [5.74, 6) is 1.94. The third kappa shape index (κ3) is 4.78. The fraction of sp³-hybridized carbons (Fsp3) is 0.367. The van der Waals surface area contributed by atoms with Crippen LogP contribution < -0.4 is 5.32 Å². The number of nitrogens with one attached hydrogen (secondary N) is 1. The van der Waals surface area contributed by atoms with Gasteiger partial charge in [0.15, 0.2) is 0 Å². The zero-order chi connectivity index (χ0) is 24.3. The van der Waals surface area contributed by atoms with E-state index in [4.69, 9.17) is 4.98 Å². The Kier molecular flexibility index (Phi) is 6.51. The lowest BCUT2D eigenvalue weighted by molar-refractivity contribution is 0.0921. The van der Waals surface area contributed by atoms with Crippen molar-refractivity contribution in [3.05, 3.63) is 84.4 Å². The molecule has 2 aromatic heterocycles. The van der Waals surface area contributed by atoms with Gasteiger partial charge in [0, 0.05) is 36.3 Å². The fourth-order valence-corrected chi connectivity index (χ4v) is 5.87. The molecular formula is C30H33N5O. The van der Waals surface area contributed by atoms with Crippen molar-refractivity contribution in [1.29, 1.82) is 0 Å². The summed E-state index contributed by atoms with van der Waals surface area (Å²) >= 11 is 0. The highest BCUT2D eigenvalue weighted by atomic mass is 16.1. The molecule has 1 aliphatic heterocycles. The van der Waals surface area contributed by atoms with Crippen LogP contribution in [0.25, 0.3) is 22.2 Å². The molecule has 1 N–H and O–H groups in total. The number of amides is 1. The van der Waals surface area contributed by atoms with Crippen LogP contribution in [0.5, 0.6) is 0 Å².